The normalized spacial score (nSPS) is 15.5. The Bertz CT molecular complexity index is 835. The SMILES string of the molecule is C=CCN1C(=O)C(C)Oc2cc(NC(=O)CCOc3ccccc3)ccc21. The lowest BCUT2D eigenvalue weighted by Gasteiger charge is -2.32. The van der Waals surface area contributed by atoms with Crippen LogP contribution in [0.4, 0.5) is 11.4 Å². The number of rotatable bonds is 7. The summed E-state index contributed by atoms with van der Waals surface area (Å²) in [4.78, 5) is 26.0. The van der Waals surface area contributed by atoms with Crippen molar-refractivity contribution in [3.8, 4) is 11.5 Å². The molecule has 0 radical (unpaired) electrons. The second kappa shape index (κ2) is 8.40. The molecule has 1 N–H and O–H groups in total. The molecule has 27 heavy (non-hydrogen) atoms. The Labute approximate surface area is 158 Å². The van der Waals surface area contributed by atoms with Crippen molar-refractivity contribution in [3.05, 3.63) is 61.2 Å². The molecule has 1 aliphatic heterocycles. The zero-order valence-electron chi connectivity index (χ0n) is 15.2. The maximum absolute atomic E-state index is 12.2. The van der Waals surface area contributed by atoms with Gasteiger partial charge in [0.1, 0.15) is 11.5 Å². The number of carbonyl (C=O) groups excluding carboxylic acids is 2. The summed E-state index contributed by atoms with van der Waals surface area (Å²) in [6, 6.07) is 14.6. The number of para-hydroxylation sites is 1. The Kier molecular flexibility index (Phi) is 5.76. The number of hydrogen-bond acceptors (Lipinski definition) is 4. The summed E-state index contributed by atoms with van der Waals surface area (Å²) in [5.41, 5.74) is 1.28. The van der Waals surface area contributed by atoms with Crippen molar-refractivity contribution in [2.45, 2.75) is 19.4 Å². The van der Waals surface area contributed by atoms with E-state index in [1.54, 1.807) is 36.1 Å². The standard InChI is InChI=1S/C21H22N2O4/c1-3-12-23-18-10-9-16(14-19(18)27-15(2)21(23)25)22-20(24)11-13-26-17-7-5-4-6-8-17/h3-10,14-15H,1,11-13H2,2H3,(H,22,24). The summed E-state index contributed by atoms with van der Waals surface area (Å²) in [5, 5.41) is 2.83. The van der Waals surface area contributed by atoms with Crippen LogP contribution in [0.1, 0.15) is 13.3 Å². The van der Waals surface area contributed by atoms with Gasteiger partial charge in [-0.3, -0.25) is 9.59 Å². The second-order valence-electron chi connectivity index (χ2n) is 6.14. The van der Waals surface area contributed by atoms with Crippen LogP contribution >= 0.6 is 0 Å². The fraction of sp³-hybridized carbons (Fsp3) is 0.238. The van der Waals surface area contributed by atoms with Gasteiger partial charge in [-0.1, -0.05) is 24.3 Å². The first-order valence-corrected chi connectivity index (χ1v) is 8.79. The Morgan fingerprint density at radius 2 is 2.07 bits per heavy atom. The van der Waals surface area contributed by atoms with Crippen LogP contribution in [0.25, 0.3) is 0 Å². The van der Waals surface area contributed by atoms with E-state index in [-0.39, 0.29) is 24.8 Å². The van der Waals surface area contributed by atoms with E-state index in [2.05, 4.69) is 11.9 Å². The van der Waals surface area contributed by atoms with Gasteiger partial charge in [-0.15, -0.1) is 6.58 Å². The van der Waals surface area contributed by atoms with Crippen LogP contribution in [-0.4, -0.2) is 31.1 Å². The lowest BCUT2D eigenvalue weighted by molar-refractivity contribution is -0.125. The molecule has 0 aromatic heterocycles. The lowest BCUT2D eigenvalue weighted by atomic mass is 10.1. The van der Waals surface area contributed by atoms with Crippen LogP contribution in [0.3, 0.4) is 0 Å². The molecule has 3 rings (SSSR count). The van der Waals surface area contributed by atoms with Gasteiger partial charge in [-0.2, -0.15) is 0 Å². The minimum absolute atomic E-state index is 0.114. The maximum atomic E-state index is 12.2. The first-order chi connectivity index (χ1) is 13.1. The number of nitrogens with zero attached hydrogens (tertiary/aromatic N) is 1. The predicted molar refractivity (Wildman–Crippen MR) is 104 cm³/mol. The maximum Gasteiger partial charge on any atom is 0.268 e. The van der Waals surface area contributed by atoms with Gasteiger partial charge >= 0.3 is 0 Å². The number of nitrogens with one attached hydrogen (secondary N) is 1. The molecule has 6 heteroatoms. The summed E-state index contributed by atoms with van der Waals surface area (Å²) in [7, 11) is 0. The second-order valence-corrected chi connectivity index (χ2v) is 6.14. The van der Waals surface area contributed by atoms with Gasteiger partial charge in [0.15, 0.2) is 6.10 Å². The molecule has 1 aliphatic rings. The van der Waals surface area contributed by atoms with Gasteiger partial charge in [-0.05, 0) is 31.2 Å². The summed E-state index contributed by atoms with van der Waals surface area (Å²) >= 11 is 0. The van der Waals surface area contributed by atoms with Crippen molar-refractivity contribution >= 4 is 23.2 Å². The number of amides is 2. The predicted octanol–water partition coefficient (Wildman–Crippen LogP) is 3.39. The van der Waals surface area contributed by atoms with Crippen LogP contribution in [0, 0.1) is 0 Å². The van der Waals surface area contributed by atoms with E-state index in [1.165, 1.54) is 0 Å². The van der Waals surface area contributed by atoms with Crippen LogP contribution in [-0.2, 0) is 9.59 Å². The first-order valence-electron chi connectivity index (χ1n) is 8.79. The first kappa shape index (κ1) is 18.5. The third-order valence-corrected chi connectivity index (χ3v) is 4.10. The average Bonchev–Trinajstić information content (AvgIpc) is 2.66. The molecular weight excluding hydrogens is 344 g/mol. The highest BCUT2D eigenvalue weighted by molar-refractivity contribution is 6.01. The molecule has 1 heterocycles. The van der Waals surface area contributed by atoms with Crippen molar-refractivity contribution in [3.63, 3.8) is 0 Å². The highest BCUT2D eigenvalue weighted by Crippen LogP contribution is 2.36. The van der Waals surface area contributed by atoms with Crippen molar-refractivity contribution < 1.29 is 19.1 Å². The minimum atomic E-state index is -0.581. The molecule has 2 aromatic rings. The van der Waals surface area contributed by atoms with Crippen molar-refractivity contribution in [1.29, 1.82) is 0 Å². The lowest BCUT2D eigenvalue weighted by Crippen LogP contribution is -2.44. The Morgan fingerprint density at radius 1 is 1.30 bits per heavy atom. The summed E-state index contributed by atoms with van der Waals surface area (Å²) < 4.78 is 11.2. The zero-order chi connectivity index (χ0) is 19.2. The summed E-state index contributed by atoms with van der Waals surface area (Å²) in [6.07, 6.45) is 1.31. The molecule has 1 unspecified atom stereocenters. The molecule has 0 aliphatic carbocycles. The van der Waals surface area contributed by atoms with Gasteiger partial charge < -0.3 is 19.7 Å². The van der Waals surface area contributed by atoms with E-state index in [0.29, 0.717) is 23.7 Å². The molecule has 2 aromatic carbocycles. The number of ether oxygens (including phenoxy) is 2. The Balaban J connectivity index is 1.61. The molecule has 0 bridgehead atoms. The highest BCUT2D eigenvalue weighted by atomic mass is 16.5. The van der Waals surface area contributed by atoms with Crippen molar-refractivity contribution in [1.82, 2.24) is 0 Å². The number of carbonyl (C=O) groups is 2. The monoisotopic (exact) mass is 366 g/mol. The smallest absolute Gasteiger partial charge is 0.268 e. The van der Waals surface area contributed by atoms with Gasteiger partial charge in [0.2, 0.25) is 5.91 Å². The van der Waals surface area contributed by atoms with Crippen LogP contribution in [0.15, 0.2) is 61.2 Å². The van der Waals surface area contributed by atoms with E-state index in [1.807, 2.05) is 30.3 Å². The van der Waals surface area contributed by atoms with Crippen molar-refractivity contribution in [2.75, 3.05) is 23.4 Å². The number of anilines is 2. The average molecular weight is 366 g/mol. The topological polar surface area (TPSA) is 67.9 Å². The summed E-state index contributed by atoms with van der Waals surface area (Å²) in [5.74, 6) is 1.02. The molecule has 0 fully saturated rings. The van der Waals surface area contributed by atoms with Gasteiger partial charge in [0, 0.05) is 18.3 Å². The van der Waals surface area contributed by atoms with Crippen molar-refractivity contribution in [2.24, 2.45) is 0 Å². The fourth-order valence-corrected chi connectivity index (χ4v) is 2.81. The molecule has 0 saturated heterocycles. The van der Waals surface area contributed by atoms with E-state index in [4.69, 9.17) is 9.47 Å². The van der Waals surface area contributed by atoms with E-state index in [0.717, 1.165) is 5.75 Å². The van der Waals surface area contributed by atoms with E-state index in [9.17, 15) is 9.59 Å². The molecule has 140 valence electrons. The number of hydrogen-bond donors (Lipinski definition) is 1. The number of fused-ring (bicyclic) bond motifs is 1. The molecule has 0 saturated carbocycles. The molecule has 6 nitrogen and oxygen atoms in total. The third kappa shape index (κ3) is 4.47. The minimum Gasteiger partial charge on any atom is -0.493 e. The van der Waals surface area contributed by atoms with Gasteiger partial charge in [0.05, 0.1) is 18.7 Å². The number of benzene rings is 2. The van der Waals surface area contributed by atoms with Crippen LogP contribution < -0.4 is 19.7 Å². The molecular formula is C21H22N2O4. The molecule has 1 atom stereocenters. The Hall–Kier alpha value is -3.28. The largest absolute Gasteiger partial charge is 0.493 e. The van der Waals surface area contributed by atoms with E-state index < -0.39 is 6.10 Å². The van der Waals surface area contributed by atoms with Crippen LogP contribution in [0.2, 0.25) is 0 Å². The van der Waals surface area contributed by atoms with E-state index >= 15 is 0 Å². The van der Waals surface area contributed by atoms with Crippen LogP contribution in [0.5, 0.6) is 11.5 Å². The van der Waals surface area contributed by atoms with Gasteiger partial charge in [0.25, 0.3) is 5.91 Å². The fourth-order valence-electron chi connectivity index (χ4n) is 2.81. The quantitative estimate of drug-likeness (QED) is 0.763. The molecule has 0 spiro atoms. The summed E-state index contributed by atoms with van der Waals surface area (Å²) in [6.45, 7) is 6.09. The Morgan fingerprint density at radius 3 is 2.81 bits per heavy atom. The zero-order valence-corrected chi connectivity index (χ0v) is 15.2. The van der Waals surface area contributed by atoms with Gasteiger partial charge in [-0.25, -0.2) is 0 Å². The third-order valence-electron chi connectivity index (χ3n) is 4.10. The molecule has 2 amide bonds. The highest BCUT2D eigenvalue weighted by Gasteiger charge is 2.30.